The Morgan fingerprint density at radius 2 is 1.02 bits per heavy atom. The molecule has 0 aliphatic rings. The van der Waals surface area contributed by atoms with Gasteiger partial charge in [0.25, 0.3) is 0 Å². The number of benzene rings is 1. The molecule has 7 amide bonds. The summed E-state index contributed by atoms with van der Waals surface area (Å²) in [4.78, 5) is 98.2. The molecule has 0 bridgehead atoms. The SMILES string of the molecule is C[C@H](N)C(=O)N[C@@H](C)C(=O)NCC(=O)N[C@@H](C)C(=O)N[C@@H](C)C(=O)N[C@@H](Cc1ccc(O)cc1)C(=O)N[C@@H](C)C(=O)N[C@@H](C)C(=O)O. The van der Waals surface area contributed by atoms with Crippen molar-refractivity contribution in [2.45, 2.75) is 90.3 Å². The summed E-state index contributed by atoms with van der Waals surface area (Å²) in [6.45, 7) is 7.57. The van der Waals surface area contributed by atoms with Crippen LogP contribution in [0, 0.1) is 0 Å². The first-order chi connectivity index (χ1) is 21.8. The molecule has 0 saturated heterocycles. The molecule has 0 spiro atoms. The number of aliphatic carboxylic acids is 1. The van der Waals surface area contributed by atoms with Crippen LogP contribution in [0.3, 0.4) is 0 Å². The van der Waals surface area contributed by atoms with E-state index in [-0.39, 0.29) is 12.2 Å². The minimum Gasteiger partial charge on any atom is -0.508 e. The van der Waals surface area contributed by atoms with Gasteiger partial charge < -0.3 is 53.2 Å². The van der Waals surface area contributed by atoms with Gasteiger partial charge in [-0.2, -0.15) is 0 Å². The molecule has 0 aliphatic heterocycles. The molecule has 0 saturated carbocycles. The van der Waals surface area contributed by atoms with Gasteiger partial charge in [0.15, 0.2) is 0 Å². The number of phenolic OH excluding ortho intramolecular Hbond substituents is 1. The van der Waals surface area contributed by atoms with Gasteiger partial charge in [-0.25, -0.2) is 0 Å². The van der Waals surface area contributed by atoms with E-state index in [1.807, 2.05) is 0 Å². The largest absolute Gasteiger partial charge is 0.508 e. The number of phenols is 1. The van der Waals surface area contributed by atoms with Gasteiger partial charge in [-0.1, -0.05) is 12.1 Å². The van der Waals surface area contributed by atoms with Crippen LogP contribution in [0.2, 0.25) is 0 Å². The number of rotatable bonds is 17. The van der Waals surface area contributed by atoms with Crippen LogP contribution in [0.4, 0.5) is 0 Å². The van der Waals surface area contributed by atoms with Gasteiger partial charge in [0.05, 0.1) is 12.6 Å². The number of carbonyl (C=O) groups excluding carboxylic acids is 7. The summed E-state index contributed by atoms with van der Waals surface area (Å²) >= 11 is 0. The second kappa shape index (κ2) is 18.6. The van der Waals surface area contributed by atoms with Crippen LogP contribution >= 0.6 is 0 Å². The summed E-state index contributed by atoms with van der Waals surface area (Å²) < 4.78 is 0. The van der Waals surface area contributed by atoms with Gasteiger partial charge in [0, 0.05) is 6.42 Å². The summed E-state index contributed by atoms with van der Waals surface area (Å²) in [5.41, 5.74) is 5.97. The standard InChI is InChI=1S/C29H44N8O10/c1-13(30)23(40)33-14(2)24(41)31-12-22(39)32-15(3)25(42)34-17(5)27(44)37-21(11-19-7-9-20(38)10-8-19)28(45)35-16(4)26(43)36-18(6)29(46)47/h7-10,13-18,21,38H,11-12,30H2,1-6H3,(H,31,41)(H,32,39)(H,33,40)(H,34,42)(H,35,45)(H,36,43)(H,37,44)(H,46,47)/t13-,14-,15-,16-,17-,18-,21-/m0/s1. The lowest BCUT2D eigenvalue weighted by atomic mass is 10.0. The third-order valence-corrected chi connectivity index (χ3v) is 6.60. The summed E-state index contributed by atoms with van der Waals surface area (Å²) in [5.74, 6) is -6.37. The zero-order valence-corrected chi connectivity index (χ0v) is 27.0. The molecule has 7 atom stereocenters. The van der Waals surface area contributed by atoms with E-state index >= 15 is 0 Å². The van der Waals surface area contributed by atoms with Gasteiger partial charge in [-0.05, 0) is 59.2 Å². The van der Waals surface area contributed by atoms with Crippen molar-refractivity contribution in [1.82, 2.24) is 37.2 Å². The van der Waals surface area contributed by atoms with Crippen molar-refractivity contribution in [3.63, 3.8) is 0 Å². The normalized spacial score (nSPS) is 15.1. The summed E-state index contributed by atoms with van der Waals surface area (Å²) in [6, 6.07) is -2.03. The molecule has 260 valence electrons. The lowest BCUT2D eigenvalue weighted by molar-refractivity contribution is -0.141. The first kappa shape index (κ1) is 39.8. The molecule has 0 aliphatic carbocycles. The summed E-state index contributed by atoms with van der Waals surface area (Å²) in [6.07, 6.45) is -0.0793. The Balaban J connectivity index is 2.81. The highest BCUT2D eigenvalue weighted by atomic mass is 16.4. The molecule has 1 aromatic rings. The highest BCUT2D eigenvalue weighted by Gasteiger charge is 2.29. The third kappa shape index (κ3) is 14.1. The van der Waals surface area contributed by atoms with Crippen molar-refractivity contribution in [2.75, 3.05) is 6.54 Å². The quantitative estimate of drug-likeness (QED) is 0.0779. The van der Waals surface area contributed by atoms with Gasteiger partial charge >= 0.3 is 5.97 Å². The lowest BCUT2D eigenvalue weighted by Gasteiger charge is -2.24. The number of nitrogens with one attached hydrogen (secondary N) is 7. The molecule has 18 nitrogen and oxygen atoms in total. The fraction of sp³-hybridized carbons (Fsp3) is 0.517. The van der Waals surface area contributed by atoms with Crippen LogP contribution in [-0.2, 0) is 44.8 Å². The molecule has 11 N–H and O–H groups in total. The number of carbonyl (C=O) groups is 8. The number of carboxylic acids is 1. The Bertz CT molecular complexity index is 1320. The Kier molecular flexibility index (Phi) is 15.8. The van der Waals surface area contributed by atoms with E-state index in [4.69, 9.17) is 10.8 Å². The zero-order valence-electron chi connectivity index (χ0n) is 27.0. The predicted molar refractivity (Wildman–Crippen MR) is 166 cm³/mol. The molecule has 0 radical (unpaired) electrons. The van der Waals surface area contributed by atoms with Crippen molar-refractivity contribution >= 4 is 47.3 Å². The Morgan fingerprint density at radius 3 is 1.53 bits per heavy atom. The average molecular weight is 665 g/mol. The van der Waals surface area contributed by atoms with Crippen molar-refractivity contribution in [3.8, 4) is 5.75 Å². The van der Waals surface area contributed by atoms with Crippen molar-refractivity contribution in [1.29, 1.82) is 0 Å². The Hall–Kier alpha value is -5.26. The molecule has 1 aromatic carbocycles. The molecular weight excluding hydrogens is 620 g/mol. The van der Waals surface area contributed by atoms with Crippen LogP contribution in [0.5, 0.6) is 5.75 Å². The number of hydrogen-bond donors (Lipinski definition) is 10. The fourth-order valence-electron chi connectivity index (χ4n) is 3.65. The van der Waals surface area contributed by atoms with Gasteiger partial charge in [0.1, 0.15) is 42.0 Å². The number of carboxylic acid groups (broad SMARTS) is 1. The fourth-order valence-corrected chi connectivity index (χ4v) is 3.65. The van der Waals surface area contributed by atoms with Gasteiger partial charge in [-0.3, -0.25) is 38.4 Å². The Labute approximate surface area is 271 Å². The maximum Gasteiger partial charge on any atom is 0.325 e. The van der Waals surface area contributed by atoms with E-state index in [0.29, 0.717) is 5.56 Å². The van der Waals surface area contributed by atoms with E-state index in [1.165, 1.54) is 65.8 Å². The van der Waals surface area contributed by atoms with Crippen LogP contribution in [0.1, 0.15) is 47.1 Å². The van der Waals surface area contributed by atoms with Crippen LogP contribution in [0.15, 0.2) is 24.3 Å². The maximum atomic E-state index is 13.1. The smallest absolute Gasteiger partial charge is 0.325 e. The number of aromatic hydroxyl groups is 1. The predicted octanol–water partition coefficient (Wildman–Crippen LogP) is -3.51. The molecular formula is C29H44N8O10. The number of hydrogen-bond acceptors (Lipinski definition) is 10. The minimum atomic E-state index is -1.28. The van der Waals surface area contributed by atoms with Crippen molar-refractivity contribution in [3.05, 3.63) is 29.8 Å². The third-order valence-electron chi connectivity index (χ3n) is 6.60. The Morgan fingerprint density at radius 1 is 0.596 bits per heavy atom. The molecule has 1 rings (SSSR count). The average Bonchev–Trinajstić information content (AvgIpc) is 2.99. The highest BCUT2D eigenvalue weighted by Crippen LogP contribution is 2.12. The van der Waals surface area contributed by atoms with Crippen molar-refractivity contribution in [2.24, 2.45) is 5.73 Å². The molecule has 0 aromatic heterocycles. The topological polar surface area (TPSA) is 287 Å². The van der Waals surface area contributed by atoms with E-state index in [9.17, 15) is 43.5 Å². The maximum absolute atomic E-state index is 13.1. The van der Waals surface area contributed by atoms with E-state index < -0.39 is 96.2 Å². The summed E-state index contributed by atoms with van der Waals surface area (Å²) in [5, 5.41) is 35.2. The highest BCUT2D eigenvalue weighted by molar-refractivity contribution is 5.96. The van der Waals surface area contributed by atoms with E-state index in [1.54, 1.807) is 0 Å². The zero-order chi connectivity index (χ0) is 36.0. The summed E-state index contributed by atoms with van der Waals surface area (Å²) in [7, 11) is 0. The first-order valence-electron chi connectivity index (χ1n) is 14.7. The van der Waals surface area contributed by atoms with Crippen LogP contribution in [0.25, 0.3) is 0 Å². The monoisotopic (exact) mass is 664 g/mol. The van der Waals surface area contributed by atoms with Gasteiger partial charge in [-0.15, -0.1) is 0 Å². The van der Waals surface area contributed by atoms with Gasteiger partial charge in [0.2, 0.25) is 41.4 Å². The number of nitrogens with two attached hydrogens (primary N) is 1. The number of amides is 7. The molecule has 47 heavy (non-hydrogen) atoms. The molecule has 0 fully saturated rings. The molecule has 0 heterocycles. The lowest BCUT2D eigenvalue weighted by Crippen LogP contribution is -2.58. The van der Waals surface area contributed by atoms with Crippen molar-refractivity contribution < 1.29 is 48.6 Å². The second-order valence-corrected chi connectivity index (χ2v) is 11.0. The van der Waals surface area contributed by atoms with E-state index in [2.05, 4.69) is 37.2 Å². The molecule has 0 unspecified atom stereocenters. The van der Waals surface area contributed by atoms with Crippen LogP contribution in [-0.4, -0.2) is 106 Å². The van der Waals surface area contributed by atoms with E-state index in [0.717, 1.165) is 0 Å². The first-order valence-corrected chi connectivity index (χ1v) is 14.7. The van der Waals surface area contributed by atoms with Crippen LogP contribution < -0.4 is 43.0 Å². The second-order valence-electron chi connectivity index (χ2n) is 11.0. The minimum absolute atomic E-state index is 0.0308. The molecule has 18 heteroatoms.